The summed E-state index contributed by atoms with van der Waals surface area (Å²) in [6, 6.07) is 4.41. The van der Waals surface area contributed by atoms with Gasteiger partial charge < -0.3 is 0 Å². The fourth-order valence-corrected chi connectivity index (χ4v) is 2.88. The maximum atomic E-state index is 11.4. The van der Waals surface area contributed by atoms with Crippen LogP contribution in [0.15, 0.2) is 12.1 Å². The standard InChI is InChI=1S/C13H21N3OS/c1-9(2)16(7-10-3-4-10)8-11-5-6-12(18-11)13(17)15-14/h5-6,9-10H,3-4,7-8,14H2,1-2H3,(H,15,17). The van der Waals surface area contributed by atoms with E-state index in [1.165, 1.54) is 35.6 Å². The number of nitrogen functional groups attached to an aromatic ring is 1. The summed E-state index contributed by atoms with van der Waals surface area (Å²) in [6.45, 7) is 6.55. The van der Waals surface area contributed by atoms with E-state index in [1.54, 1.807) is 0 Å². The van der Waals surface area contributed by atoms with E-state index in [0.29, 0.717) is 10.9 Å². The minimum atomic E-state index is -0.204. The van der Waals surface area contributed by atoms with Gasteiger partial charge in [-0.2, -0.15) is 0 Å². The summed E-state index contributed by atoms with van der Waals surface area (Å²) in [5.41, 5.74) is 2.17. The molecule has 4 nitrogen and oxygen atoms in total. The maximum Gasteiger partial charge on any atom is 0.275 e. The molecule has 1 aliphatic carbocycles. The second-order valence-corrected chi connectivity index (χ2v) is 6.37. The first-order valence-corrected chi connectivity index (χ1v) is 7.25. The van der Waals surface area contributed by atoms with Crippen molar-refractivity contribution in [3.05, 3.63) is 21.9 Å². The van der Waals surface area contributed by atoms with Crippen LogP contribution < -0.4 is 11.3 Å². The van der Waals surface area contributed by atoms with Gasteiger partial charge in [0.2, 0.25) is 0 Å². The molecule has 0 radical (unpaired) electrons. The largest absolute Gasteiger partial charge is 0.296 e. The van der Waals surface area contributed by atoms with Crippen molar-refractivity contribution in [3.8, 4) is 0 Å². The summed E-state index contributed by atoms with van der Waals surface area (Å²) in [4.78, 5) is 15.8. The Balaban J connectivity index is 1.97. The van der Waals surface area contributed by atoms with Crippen LogP contribution in [0.25, 0.3) is 0 Å². The normalized spacial score (nSPS) is 15.4. The Morgan fingerprint density at radius 1 is 1.56 bits per heavy atom. The van der Waals surface area contributed by atoms with Crippen molar-refractivity contribution in [3.63, 3.8) is 0 Å². The first-order chi connectivity index (χ1) is 8.60. The molecule has 2 rings (SSSR count). The highest BCUT2D eigenvalue weighted by molar-refractivity contribution is 7.14. The van der Waals surface area contributed by atoms with E-state index in [-0.39, 0.29) is 5.91 Å². The molecule has 1 saturated carbocycles. The molecule has 0 unspecified atom stereocenters. The third-order valence-corrected chi connectivity index (χ3v) is 4.36. The van der Waals surface area contributed by atoms with Gasteiger partial charge in [-0.3, -0.25) is 15.1 Å². The zero-order valence-corrected chi connectivity index (χ0v) is 11.8. The molecule has 1 amide bonds. The Morgan fingerprint density at radius 3 is 2.83 bits per heavy atom. The van der Waals surface area contributed by atoms with Gasteiger partial charge in [0.15, 0.2) is 0 Å². The van der Waals surface area contributed by atoms with E-state index in [4.69, 9.17) is 5.84 Å². The van der Waals surface area contributed by atoms with Crippen LogP contribution in [0.1, 0.15) is 41.2 Å². The number of nitrogens with two attached hydrogens (primary N) is 1. The smallest absolute Gasteiger partial charge is 0.275 e. The molecule has 1 aliphatic rings. The van der Waals surface area contributed by atoms with Gasteiger partial charge in [-0.15, -0.1) is 11.3 Å². The molecule has 1 heterocycles. The fourth-order valence-electron chi connectivity index (χ4n) is 1.95. The first kappa shape index (κ1) is 13.5. The number of hydrogen-bond acceptors (Lipinski definition) is 4. The van der Waals surface area contributed by atoms with Crippen LogP contribution in [-0.4, -0.2) is 23.4 Å². The van der Waals surface area contributed by atoms with Crippen molar-refractivity contribution < 1.29 is 4.79 Å². The number of rotatable bonds is 6. The molecule has 5 heteroatoms. The number of nitrogens with one attached hydrogen (secondary N) is 1. The lowest BCUT2D eigenvalue weighted by atomic mass is 10.2. The molecule has 1 aromatic heterocycles. The van der Waals surface area contributed by atoms with Gasteiger partial charge in [0.25, 0.3) is 5.91 Å². The number of carbonyl (C=O) groups is 1. The average Bonchev–Trinajstić information content (AvgIpc) is 3.04. The molecule has 0 atom stereocenters. The Kier molecular flexibility index (Phi) is 4.37. The highest BCUT2D eigenvalue weighted by Crippen LogP contribution is 2.31. The summed E-state index contributed by atoms with van der Waals surface area (Å²) in [5, 5.41) is 0. The Morgan fingerprint density at radius 2 is 2.28 bits per heavy atom. The molecular weight excluding hydrogens is 246 g/mol. The molecule has 0 spiro atoms. The zero-order chi connectivity index (χ0) is 13.1. The molecule has 1 fully saturated rings. The van der Waals surface area contributed by atoms with Crippen molar-refractivity contribution in [1.82, 2.24) is 10.3 Å². The van der Waals surface area contributed by atoms with Crippen LogP contribution in [0.3, 0.4) is 0 Å². The molecule has 100 valence electrons. The van der Waals surface area contributed by atoms with E-state index in [0.717, 1.165) is 12.5 Å². The lowest BCUT2D eigenvalue weighted by Gasteiger charge is -2.25. The van der Waals surface area contributed by atoms with Crippen LogP contribution in [0.5, 0.6) is 0 Å². The van der Waals surface area contributed by atoms with Crippen LogP contribution >= 0.6 is 11.3 Å². The lowest BCUT2D eigenvalue weighted by Crippen LogP contribution is -2.32. The molecule has 0 saturated heterocycles. The third kappa shape index (κ3) is 3.54. The second kappa shape index (κ2) is 5.82. The van der Waals surface area contributed by atoms with E-state index in [1.807, 2.05) is 12.1 Å². The number of hydrazine groups is 1. The summed E-state index contributed by atoms with van der Waals surface area (Å²) >= 11 is 1.53. The van der Waals surface area contributed by atoms with Crippen LogP contribution in [0, 0.1) is 5.92 Å². The highest BCUT2D eigenvalue weighted by Gasteiger charge is 2.25. The Hall–Kier alpha value is -0.910. The number of carbonyl (C=O) groups excluding carboxylic acids is 1. The summed E-state index contributed by atoms with van der Waals surface area (Å²) < 4.78 is 0. The minimum absolute atomic E-state index is 0.204. The number of thiophene rings is 1. The van der Waals surface area contributed by atoms with Gasteiger partial charge in [0.05, 0.1) is 4.88 Å². The molecule has 1 aromatic rings. The Labute approximate surface area is 112 Å². The van der Waals surface area contributed by atoms with Crippen molar-refractivity contribution in [1.29, 1.82) is 0 Å². The van der Waals surface area contributed by atoms with E-state index in [9.17, 15) is 4.79 Å². The molecule has 18 heavy (non-hydrogen) atoms. The first-order valence-electron chi connectivity index (χ1n) is 6.44. The second-order valence-electron chi connectivity index (χ2n) is 5.21. The highest BCUT2D eigenvalue weighted by atomic mass is 32.1. The maximum absolute atomic E-state index is 11.4. The van der Waals surface area contributed by atoms with Crippen molar-refractivity contribution in [2.45, 2.75) is 39.3 Å². The van der Waals surface area contributed by atoms with Gasteiger partial charge >= 0.3 is 0 Å². The summed E-state index contributed by atoms with van der Waals surface area (Å²) in [5.74, 6) is 5.82. The quantitative estimate of drug-likeness (QED) is 0.471. The van der Waals surface area contributed by atoms with Gasteiger partial charge in [-0.05, 0) is 44.7 Å². The molecule has 0 aliphatic heterocycles. The molecule has 3 N–H and O–H groups in total. The molecule has 0 aromatic carbocycles. The predicted molar refractivity (Wildman–Crippen MR) is 74.2 cm³/mol. The van der Waals surface area contributed by atoms with Crippen LogP contribution in [0.2, 0.25) is 0 Å². The zero-order valence-electron chi connectivity index (χ0n) is 11.0. The predicted octanol–water partition coefficient (Wildman–Crippen LogP) is 1.97. The van der Waals surface area contributed by atoms with Gasteiger partial charge in [-0.1, -0.05) is 0 Å². The van der Waals surface area contributed by atoms with Crippen molar-refractivity contribution >= 4 is 17.2 Å². The van der Waals surface area contributed by atoms with Gasteiger partial charge in [0, 0.05) is 24.0 Å². The molecular formula is C13H21N3OS. The number of amides is 1. The van der Waals surface area contributed by atoms with E-state index >= 15 is 0 Å². The van der Waals surface area contributed by atoms with Gasteiger partial charge in [-0.25, -0.2) is 5.84 Å². The van der Waals surface area contributed by atoms with E-state index in [2.05, 4.69) is 24.2 Å². The number of nitrogens with zero attached hydrogens (tertiary/aromatic N) is 1. The fraction of sp³-hybridized carbons (Fsp3) is 0.615. The Bertz CT molecular complexity index is 412. The average molecular weight is 267 g/mol. The van der Waals surface area contributed by atoms with Crippen molar-refractivity contribution in [2.75, 3.05) is 6.54 Å². The summed E-state index contributed by atoms with van der Waals surface area (Å²) in [6.07, 6.45) is 2.74. The van der Waals surface area contributed by atoms with Crippen LogP contribution in [-0.2, 0) is 6.54 Å². The molecule has 0 bridgehead atoms. The summed E-state index contributed by atoms with van der Waals surface area (Å²) in [7, 11) is 0. The van der Waals surface area contributed by atoms with Gasteiger partial charge in [0.1, 0.15) is 0 Å². The van der Waals surface area contributed by atoms with E-state index < -0.39 is 0 Å². The monoisotopic (exact) mass is 267 g/mol. The lowest BCUT2D eigenvalue weighted by molar-refractivity contribution is 0.0957. The number of hydrogen-bond donors (Lipinski definition) is 2. The third-order valence-electron chi connectivity index (χ3n) is 3.30. The van der Waals surface area contributed by atoms with Crippen molar-refractivity contribution in [2.24, 2.45) is 11.8 Å². The topological polar surface area (TPSA) is 58.4 Å². The van der Waals surface area contributed by atoms with Crippen LogP contribution in [0.4, 0.5) is 0 Å². The SMILES string of the molecule is CC(C)N(Cc1ccc(C(=O)NN)s1)CC1CC1. The minimum Gasteiger partial charge on any atom is -0.296 e.